The van der Waals surface area contributed by atoms with E-state index >= 15 is 0 Å². The summed E-state index contributed by atoms with van der Waals surface area (Å²) in [5.41, 5.74) is -0.875. The molecule has 6 atom stereocenters. The lowest BCUT2D eigenvalue weighted by molar-refractivity contribution is -0.178. The fourth-order valence-corrected chi connectivity index (χ4v) is 7.22. The third-order valence-corrected chi connectivity index (χ3v) is 9.68. The van der Waals surface area contributed by atoms with Gasteiger partial charge < -0.3 is 29.5 Å². The molecule has 0 saturated carbocycles. The number of fused-ring (bicyclic) bond motifs is 3. The minimum Gasteiger partial charge on any atom is -0.508 e. The van der Waals surface area contributed by atoms with Gasteiger partial charge >= 0.3 is 11.9 Å². The summed E-state index contributed by atoms with van der Waals surface area (Å²) in [7, 11) is 0. The van der Waals surface area contributed by atoms with Gasteiger partial charge in [-0.15, -0.1) is 0 Å². The van der Waals surface area contributed by atoms with Crippen LogP contribution in [0.1, 0.15) is 71.4 Å². The van der Waals surface area contributed by atoms with E-state index in [1.54, 1.807) is 19.1 Å². The Morgan fingerprint density at radius 1 is 1.05 bits per heavy atom. The first kappa shape index (κ1) is 28.3. The van der Waals surface area contributed by atoms with Gasteiger partial charge in [-0.2, -0.15) is 0 Å². The predicted molar refractivity (Wildman–Crippen MR) is 148 cm³/mol. The number of phenolic OH excluding ortho intramolecular Hbond substituents is 1. The molecule has 0 bridgehead atoms. The summed E-state index contributed by atoms with van der Waals surface area (Å²) < 4.78 is 18.9. The van der Waals surface area contributed by atoms with E-state index in [0.29, 0.717) is 24.2 Å². The molecule has 8 nitrogen and oxygen atoms in total. The average molecular weight is 553 g/mol. The van der Waals surface area contributed by atoms with Crippen LogP contribution in [0.25, 0.3) is 0 Å². The highest BCUT2D eigenvalue weighted by Crippen LogP contribution is 2.54. The molecule has 8 heteroatoms. The molecule has 1 aromatic carbocycles. The van der Waals surface area contributed by atoms with Gasteiger partial charge in [0.1, 0.15) is 22.7 Å². The van der Waals surface area contributed by atoms with E-state index in [4.69, 9.17) is 14.2 Å². The van der Waals surface area contributed by atoms with Gasteiger partial charge in [-0.25, -0.2) is 9.59 Å². The van der Waals surface area contributed by atoms with Crippen molar-refractivity contribution < 1.29 is 39.1 Å². The van der Waals surface area contributed by atoms with Gasteiger partial charge in [-0.1, -0.05) is 26.0 Å². The van der Waals surface area contributed by atoms with Crippen LogP contribution in [-0.4, -0.2) is 50.2 Å². The first-order valence-corrected chi connectivity index (χ1v) is 14.0. The lowest BCUT2D eigenvalue weighted by Crippen LogP contribution is -2.58. The van der Waals surface area contributed by atoms with Crippen LogP contribution in [0.4, 0.5) is 0 Å². The van der Waals surface area contributed by atoms with Gasteiger partial charge in [-0.05, 0) is 75.1 Å². The maximum atomic E-state index is 12.4. The number of ether oxygens (including phenoxy) is 3. The molecule has 216 valence electrons. The summed E-state index contributed by atoms with van der Waals surface area (Å²) in [6.07, 6.45) is 8.15. The normalized spacial score (nSPS) is 38.5. The van der Waals surface area contributed by atoms with Crippen molar-refractivity contribution >= 4 is 11.9 Å². The highest BCUT2D eigenvalue weighted by Gasteiger charge is 2.59. The quantitative estimate of drug-likeness (QED) is 0.249. The second-order valence-electron chi connectivity index (χ2n) is 13.2. The number of aliphatic carboxylic acids is 1. The van der Waals surface area contributed by atoms with Crippen LogP contribution in [0.3, 0.4) is 0 Å². The van der Waals surface area contributed by atoms with Crippen molar-refractivity contribution in [3.8, 4) is 11.5 Å². The van der Waals surface area contributed by atoms with Crippen LogP contribution in [0.15, 0.2) is 47.8 Å². The Morgan fingerprint density at radius 3 is 2.42 bits per heavy atom. The number of carbonyl (C=O) groups excluding carboxylic acids is 1. The molecule has 1 aliphatic carbocycles. The Labute approximate surface area is 235 Å². The van der Waals surface area contributed by atoms with E-state index < -0.39 is 34.8 Å². The topological polar surface area (TPSA) is 123 Å². The number of aliphatic hydroxyl groups is 1. The molecule has 5 rings (SSSR count). The van der Waals surface area contributed by atoms with E-state index in [1.165, 1.54) is 6.08 Å². The average Bonchev–Trinajstić information content (AvgIpc) is 3.10. The summed E-state index contributed by atoms with van der Waals surface area (Å²) in [6.45, 7) is 11.9. The van der Waals surface area contributed by atoms with Gasteiger partial charge in [0.2, 0.25) is 0 Å². The number of allylic oxidation sites excluding steroid dienone is 1. The molecule has 1 fully saturated rings. The molecule has 0 amide bonds. The number of carbonyl (C=O) groups is 2. The van der Waals surface area contributed by atoms with E-state index in [1.807, 2.05) is 20.8 Å². The van der Waals surface area contributed by atoms with Crippen molar-refractivity contribution in [3.63, 3.8) is 0 Å². The molecule has 1 saturated heterocycles. The number of aryl methyl sites for hydroxylation is 1. The van der Waals surface area contributed by atoms with Crippen molar-refractivity contribution in [2.45, 2.75) is 96.6 Å². The van der Waals surface area contributed by atoms with Crippen molar-refractivity contribution in [3.05, 3.63) is 58.9 Å². The highest BCUT2D eigenvalue weighted by atomic mass is 16.6. The fourth-order valence-electron chi connectivity index (χ4n) is 7.22. The van der Waals surface area contributed by atoms with E-state index in [9.17, 15) is 24.9 Å². The Kier molecular flexibility index (Phi) is 6.64. The predicted octanol–water partition coefficient (Wildman–Crippen LogP) is 5.14. The lowest BCUT2D eigenvalue weighted by Gasteiger charge is -2.52. The van der Waals surface area contributed by atoms with Crippen LogP contribution in [0.5, 0.6) is 11.5 Å². The second kappa shape index (κ2) is 9.40. The summed E-state index contributed by atoms with van der Waals surface area (Å²) >= 11 is 0. The van der Waals surface area contributed by atoms with E-state index in [-0.39, 0.29) is 41.6 Å². The molecule has 40 heavy (non-hydrogen) atoms. The molecule has 3 aliphatic heterocycles. The highest BCUT2D eigenvalue weighted by molar-refractivity contribution is 5.88. The number of aromatic hydroxyl groups is 1. The standard InChI is InChI=1S/C32H40O8/c1-18-10-22(33)14-24-23(18)12-21-16-29(3,4)8-7-9-30(5)20(13-25(34)31(21,6)38-24)17-32(19(2)11-28(37)40-32)26(39-30)15-27(35)36/h7-8,10-11,14-15,20-21,25,33-34H,9,12-13,16-17H2,1-6H3,(H,35,36)/b8-7-,26-15-/t20-,21+,25+,30+,31+,32+/m1/s1. The summed E-state index contributed by atoms with van der Waals surface area (Å²) in [5, 5.41) is 32.0. The zero-order chi connectivity index (χ0) is 29.3. The number of benzene rings is 1. The number of hydrogen-bond donors (Lipinski definition) is 3. The number of aliphatic hydroxyl groups excluding tert-OH is 1. The van der Waals surface area contributed by atoms with Crippen LogP contribution >= 0.6 is 0 Å². The van der Waals surface area contributed by atoms with Gasteiger partial charge in [-0.3, -0.25) is 0 Å². The summed E-state index contributed by atoms with van der Waals surface area (Å²) in [6, 6.07) is 3.35. The maximum Gasteiger partial charge on any atom is 0.332 e. The van der Waals surface area contributed by atoms with Crippen molar-refractivity contribution in [2.24, 2.45) is 17.3 Å². The Bertz CT molecular complexity index is 1340. The first-order chi connectivity index (χ1) is 18.6. The number of rotatable bonds is 1. The van der Waals surface area contributed by atoms with Gasteiger partial charge in [0.05, 0.1) is 12.2 Å². The smallest absolute Gasteiger partial charge is 0.332 e. The molecule has 3 N–H and O–H groups in total. The zero-order valence-corrected chi connectivity index (χ0v) is 24.1. The monoisotopic (exact) mass is 552 g/mol. The van der Waals surface area contributed by atoms with Crippen LogP contribution in [-0.2, 0) is 25.5 Å². The molecular formula is C32H40O8. The van der Waals surface area contributed by atoms with Gasteiger partial charge in [0.25, 0.3) is 0 Å². The van der Waals surface area contributed by atoms with Crippen LogP contribution < -0.4 is 4.74 Å². The first-order valence-electron chi connectivity index (χ1n) is 14.0. The zero-order valence-electron chi connectivity index (χ0n) is 24.1. The van der Waals surface area contributed by atoms with Crippen LogP contribution in [0, 0.1) is 24.2 Å². The Balaban J connectivity index is 1.60. The molecule has 1 aromatic rings. The summed E-state index contributed by atoms with van der Waals surface area (Å²) in [4.78, 5) is 24.2. The third-order valence-electron chi connectivity index (χ3n) is 9.68. The van der Waals surface area contributed by atoms with Crippen LogP contribution in [0.2, 0.25) is 0 Å². The van der Waals surface area contributed by atoms with E-state index in [2.05, 4.69) is 26.0 Å². The molecule has 4 aliphatic rings. The summed E-state index contributed by atoms with van der Waals surface area (Å²) in [5.74, 6) is -1.30. The third kappa shape index (κ3) is 4.70. The molecule has 0 aromatic heterocycles. The largest absolute Gasteiger partial charge is 0.508 e. The Morgan fingerprint density at radius 2 is 1.77 bits per heavy atom. The minimum absolute atomic E-state index is 0.0332. The molecule has 1 spiro atoms. The number of carboxylic acids is 1. The maximum absolute atomic E-state index is 12.4. The molecule has 0 unspecified atom stereocenters. The second-order valence-corrected chi connectivity index (χ2v) is 13.2. The number of phenols is 1. The minimum atomic E-state index is -1.34. The van der Waals surface area contributed by atoms with Crippen molar-refractivity contribution in [1.82, 2.24) is 0 Å². The Hall–Kier alpha value is -3.26. The number of esters is 1. The lowest BCUT2D eigenvalue weighted by atomic mass is 9.66. The van der Waals surface area contributed by atoms with Crippen molar-refractivity contribution in [1.29, 1.82) is 0 Å². The van der Waals surface area contributed by atoms with Gasteiger partial charge in [0, 0.05) is 36.8 Å². The number of hydrogen-bond acceptors (Lipinski definition) is 7. The van der Waals surface area contributed by atoms with Gasteiger partial charge in [0.15, 0.2) is 11.4 Å². The molecular weight excluding hydrogens is 512 g/mol. The van der Waals surface area contributed by atoms with E-state index in [0.717, 1.165) is 23.6 Å². The number of carboxylic acid groups (broad SMARTS) is 1. The SMILES string of the molecule is CC1=CC(=O)O[C@@]12C[C@H]1C[C@H](O)[C@@]3(C)Oc4cc(O)cc(C)c4C[C@H]3CC(C)(C)/C=C\C[C@]1(C)O/C2=C\C(=O)O. The fraction of sp³-hybridized carbons (Fsp3) is 0.562. The molecule has 0 radical (unpaired) electrons. The molecule has 3 heterocycles. The van der Waals surface area contributed by atoms with Crippen molar-refractivity contribution in [2.75, 3.05) is 0 Å².